The van der Waals surface area contributed by atoms with E-state index in [2.05, 4.69) is 59.3 Å². The van der Waals surface area contributed by atoms with Crippen LogP contribution in [0.2, 0.25) is 0 Å². The van der Waals surface area contributed by atoms with Crippen molar-refractivity contribution in [3.8, 4) is 0 Å². The molecule has 3 aliphatic heterocycles. The molecule has 586 valence electrons. The fourth-order valence-electron chi connectivity index (χ4n) is 11.8. The Kier molecular flexibility index (Phi) is 50.0. The lowest BCUT2D eigenvalue weighted by Gasteiger charge is -2.48. The molecule has 12 N–H and O–H groups in total. The molecule has 3 amide bonds. The number of carbonyl (C=O) groups is 5. The molecule has 3 saturated heterocycles. The summed E-state index contributed by atoms with van der Waals surface area (Å²) in [4.78, 5) is 86.2. The number of amides is 3. The van der Waals surface area contributed by atoms with Crippen LogP contribution >= 0.6 is 7.82 Å². The SMILES string of the molecule is CCCCCCCC/C=C\CCCCCCCC(=O)OC[C@H](COP(=O)(O)OCCNC(=O)CCCCC(=O)NCCCO[C@@H]1OC(CO)[C@@H](O[C@@H]2OC(CO)[C@H](O)C(O[C@H]3OC(CO)[C@H](O)[C@H](O)C3O)[C@@H]2N=O)C(O)[C@@H]1NC(C)=O)OC(=O)CCCCCCC/C=C\CCCCCCCC. The number of hydrogen-bond donors (Lipinski definition) is 12. The maximum atomic E-state index is 13.0. The monoisotopic (exact) mass is 1470 g/mol. The van der Waals surface area contributed by atoms with E-state index in [9.17, 15) is 79.2 Å². The van der Waals surface area contributed by atoms with Gasteiger partial charge in [0.25, 0.3) is 0 Å². The van der Waals surface area contributed by atoms with Gasteiger partial charge in [0.1, 0.15) is 73.7 Å². The summed E-state index contributed by atoms with van der Waals surface area (Å²) >= 11 is 0. The topological polar surface area (TPSA) is 442 Å². The predicted octanol–water partition coefficient (Wildman–Crippen LogP) is 6.22. The highest BCUT2D eigenvalue weighted by molar-refractivity contribution is 7.47. The molecule has 101 heavy (non-hydrogen) atoms. The smallest absolute Gasteiger partial charge is 0.462 e. The number of nitrogens with one attached hydrogen (secondary N) is 3. The minimum Gasteiger partial charge on any atom is -0.462 e. The number of carbonyl (C=O) groups excluding carboxylic acids is 5. The van der Waals surface area contributed by atoms with E-state index in [1.165, 1.54) is 77.0 Å². The first-order valence-corrected chi connectivity index (χ1v) is 38.8. The molecule has 0 aromatic rings. The van der Waals surface area contributed by atoms with Crippen LogP contribution in [0.25, 0.3) is 0 Å². The van der Waals surface area contributed by atoms with Crippen LogP contribution in [0, 0.1) is 4.91 Å². The molecule has 3 heterocycles. The van der Waals surface area contributed by atoms with E-state index in [1.807, 2.05) is 0 Å². The van der Waals surface area contributed by atoms with Crippen molar-refractivity contribution in [3.63, 3.8) is 0 Å². The summed E-state index contributed by atoms with van der Waals surface area (Å²) in [5.41, 5.74) is 0. The Bertz CT molecular complexity index is 2350. The number of rotatable bonds is 59. The average Bonchev–Trinajstić information content (AvgIpc) is 0.775. The number of esters is 2. The van der Waals surface area contributed by atoms with Crippen LogP contribution in [0.5, 0.6) is 0 Å². The van der Waals surface area contributed by atoms with Crippen molar-refractivity contribution in [1.29, 1.82) is 0 Å². The summed E-state index contributed by atoms with van der Waals surface area (Å²) in [6, 6.07) is -3.26. The van der Waals surface area contributed by atoms with Crippen molar-refractivity contribution in [2.24, 2.45) is 5.18 Å². The molecular formula is C70H125N4O26P. The van der Waals surface area contributed by atoms with Crippen molar-refractivity contribution >= 4 is 37.5 Å². The number of phosphoric ester groups is 1. The summed E-state index contributed by atoms with van der Waals surface area (Å²) in [5, 5.41) is 94.6. The Morgan fingerprint density at radius 3 is 1.49 bits per heavy atom. The Morgan fingerprint density at radius 2 is 0.960 bits per heavy atom. The first kappa shape index (κ1) is 91.2. The number of nitrogens with zero attached hydrogens (tertiary/aromatic N) is 1. The number of aliphatic hydroxyl groups excluding tert-OH is 8. The molecule has 0 aromatic carbocycles. The van der Waals surface area contributed by atoms with Gasteiger partial charge in [0.2, 0.25) is 17.7 Å². The maximum Gasteiger partial charge on any atom is 0.472 e. The summed E-state index contributed by atoms with van der Waals surface area (Å²) < 4.78 is 68.6. The van der Waals surface area contributed by atoms with E-state index >= 15 is 0 Å². The number of nitroso groups, excluding NO2 is 1. The fourth-order valence-corrected chi connectivity index (χ4v) is 12.6. The van der Waals surface area contributed by atoms with Gasteiger partial charge >= 0.3 is 19.8 Å². The van der Waals surface area contributed by atoms with Crippen LogP contribution in [0.3, 0.4) is 0 Å². The minimum atomic E-state index is -4.74. The molecule has 0 aliphatic carbocycles. The maximum absolute atomic E-state index is 13.0. The molecular weight excluding hydrogens is 1340 g/mol. The van der Waals surface area contributed by atoms with Gasteiger partial charge in [-0.05, 0) is 83.5 Å². The lowest BCUT2D eigenvalue weighted by Crippen LogP contribution is -2.68. The van der Waals surface area contributed by atoms with Gasteiger partial charge < -0.3 is 99.6 Å². The van der Waals surface area contributed by atoms with E-state index in [1.54, 1.807) is 0 Å². The van der Waals surface area contributed by atoms with Crippen LogP contribution in [-0.4, -0.2) is 233 Å². The van der Waals surface area contributed by atoms with Crippen molar-refractivity contribution in [1.82, 2.24) is 16.0 Å². The fraction of sp³-hybridized carbons (Fsp3) is 0.871. The third kappa shape index (κ3) is 38.7. The molecule has 3 fully saturated rings. The van der Waals surface area contributed by atoms with Crippen LogP contribution in [0.1, 0.15) is 233 Å². The quantitative estimate of drug-likeness (QED) is 0.0106. The van der Waals surface area contributed by atoms with Crippen LogP contribution in [0.15, 0.2) is 29.5 Å². The molecule has 17 atom stereocenters. The van der Waals surface area contributed by atoms with E-state index in [0.29, 0.717) is 25.7 Å². The first-order chi connectivity index (χ1) is 48.7. The van der Waals surface area contributed by atoms with Gasteiger partial charge in [-0.3, -0.25) is 33.0 Å². The van der Waals surface area contributed by atoms with Gasteiger partial charge in [0.15, 0.2) is 31.0 Å². The van der Waals surface area contributed by atoms with Crippen molar-refractivity contribution in [2.75, 3.05) is 59.3 Å². The lowest BCUT2D eigenvalue weighted by molar-refractivity contribution is -0.357. The number of ether oxygens (including phenoxy) is 8. The molecule has 30 nitrogen and oxygen atoms in total. The van der Waals surface area contributed by atoms with Crippen LogP contribution in [0.4, 0.5) is 0 Å². The summed E-state index contributed by atoms with van der Waals surface area (Å²) in [6.45, 7) is 1.45. The van der Waals surface area contributed by atoms with Gasteiger partial charge in [-0.15, -0.1) is 0 Å². The Labute approximate surface area is 597 Å². The van der Waals surface area contributed by atoms with Crippen LogP contribution < -0.4 is 16.0 Å². The van der Waals surface area contributed by atoms with Gasteiger partial charge in [0, 0.05) is 45.7 Å². The highest BCUT2D eigenvalue weighted by atomic mass is 31.2. The zero-order valence-electron chi connectivity index (χ0n) is 60.1. The summed E-state index contributed by atoms with van der Waals surface area (Å²) in [6.07, 6.45) is 15.6. The minimum absolute atomic E-state index is 0.0207. The number of phosphoric acid groups is 1. The first-order valence-electron chi connectivity index (χ1n) is 37.3. The molecule has 7 unspecified atom stereocenters. The number of unbranched alkanes of at least 4 members (excludes halogenated alkanes) is 23. The second kappa shape index (κ2) is 55.4. The Balaban J connectivity index is 1.38. The zero-order valence-corrected chi connectivity index (χ0v) is 61.0. The second-order valence-electron chi connectivity index (χ2n) is 26.3. The van der Waals surface area contributed by atoms with Gasteiger partial charge in [0.05, 0.1) is 39.6 Å². The van der Waals surface area contributed by atoms with Crippen molar-refractivity contribution in [3.05, 3.63) is 29.2 Å². The van der Waals surface area contributed by atoms with Crippen molar-refractivity contribution in [2.45, 2.75) is 331 Å². The number of allylic oxidation sites excluding steroid dienone is 4. The lowest BCUT2D eigenvalue weighted by atomic mass is 9.94. The summed E-state index contributed by atoms with van der Waals surface area (Å²) in [5.74, 6) is -2.45. The molecule has 0 aromatic heterocycles. The third-order valence-electron chi connectivity index (χ3n) is 17.7. The molecule has 0 spiro atoms. The van der Waals surface area contributed by atoms with Gasteiger partial charge in [-0.2, -0.15) is 4.91 Å². The molecule has 0 radical (unpaired) electrons. The summed E-state index contributed by atoms with van der Waals surface area (Å²) in [7, 11) is -4.74. The molecule has 31 heteroatoms. The highest BCUT2D eigenvalue weighted by Gasteiger charge is 2.55. The van der Waals surface area contributed by atoms with Crippen molar-refractivity contribution < 1.29 is 121 Å². The largest absolute Gasteiger partial charge is 0.472 e. The average molecular weight is 1470 g/mol. The van der Waals surface area contributed by atoms with Gasteiger partial charge in [-0.1, -0.05) is 146 Å². The standard InChI is InChI=1S/C70H125N4O26P/c1-4-6-8-10-12-14-16-18-20-22-24-26-28-30-32-39-57(81)92-48-51(95-58(82)40-33-31-29-27-25-23-21-19-17-15-13-11-9-7-5-2)49-94-101(89,90)93-44-42-72-56(80)38-35-34-37-55(79)71-41-36-43-91-68-59(73-50(3)78)63(85)66(54(47-77)98-68)99-69-60(74-88)67(62(84)53(46-76)96-69)100-70-65(87)64(86)61(83)52(45-75)97-70/h18-21,51-54,59-70,75-77,83-87H,4-17,22-49H2,1-3H3,(H,71,79)(H,72,80)(H,73,78)(H,89,90)/b20-18-,21-19-/t51-,52?,53?,54?,59+,60+,61+,62+,63?,64+,65?,66-,67?,68-,69+,70-/m1/s1. The normalized spacial score (nSPS) is 26.3. The molecule has 0 saturated carbocycles. The highest BCUT2D eigenvalue weighted by Crippen LogP contribution is 2.43. The molecule has 3 aliphatic rings. The molecule has 3 rings (SSSR count). The van der Waals surface area contributed by atoms with Gasteiger partial charge in [-0.25, -0.2) is 4.57 Å². The second-order valence-corrected chi connectivity index (χ2v) is 27.8. The number of aliphatic hydroxyl groups is 8. The third-order valence-corrected chi connectivity index (χ3v) is 18.7. The van der Waals surface area contributed by atoms with E-state index in [0.717, 1.165) is 84.0 Å². The predicted molar refractivity (Wildman–Crippen MR) is 371 cm³/mol. The number of hydrogen-bond acceptors (Lipinski definition) is 26. The molecule has 0 bridgehead atoms. The van der Waals surface area contributed by atoms with E-state index < -0.39 is 163 Å². The zero-order chi connectivity index (χ0) is 74.1. The van der Waals surface area contributed by atoms with E-state index in [4.69, 9.17) is 46.9 Å². The van der Waals surface area contributed by atoms with E-state index in [-0.39, 0.29) is 64.3 Å². The van der Waals surface area contributed by atoms with Crippen LogP contribution in [-0.2, 0) is 75.5 Å². The Morgan fingerprint density at radius 1 is 0.495 bits per heavy atom. The Hall–Kier alpha value is -4.02.